The van der Waals surface area contributed by atoms with Crippen molar-refractivity contribution in [2.45, 2.75) is 13.0 Å². The average molecular weight is 276 g/mol. The molecule has 0 spiro atoms. The smallest absolute Gasteiger partial charge is 0.124 e. The van der Waals surface area contributed by atoms with Crippen LogP contribution in [-0.4, -0.2) is 20.3 Å². The molecular formula is C11H15BrFNO. The molecule has 0 heterocycles. The summed E-state index contributed by atoms with van der Waals surface area (Å²) in [4.78, 5) is 0. The maximum Gasteiger partial charge on any atom is 0.124 e. The van der Waals surface area contributed by atoms with E-state index in [-0.39, 0.29) is 5.82 Å². The Bertz CT molecular complexity index is 307. The lowest BCUT2D eigenvalue weighted by molar-refractivity contribution is 0.194. The van der Waals surface area contributed by atoms with E-state index in [2.05, 4.69) is 21.2 Å². The summed E-state index contributed by atoms with van der Waals surface area (Å²) in [5.41, 5.74) is 1.06. The Hall–Kier alpha value is -0.450. The van der Waals surface area contributed by atoms with Crippen LogP contribution in [0.1, 0.15) is 12.0 Å². The SMILES string of the molecule is COCCCNCc1ccc(F)cc1Br. The van der Waals surface area contributed by atoms with Gasteiger partial charge in [-0.25, -0.2) is 4.39 Å². The Kier molecular flexibility index (Phi) is 5.83. The minimum Gasteiger partial charge on any atom is -0.385 e. The predicted molar refractivity (Wildman–Crippen MR) is 62.3 cm³/mol. The largest absolute Gasteiger partial charge is 0.385 e. The molecule has 0 saturated carbocycles. The molecule has 1 aromatic carbocycles. The van der Waals surface area contributed by atoms with E-state index in [1.54, 1.807) is 13.2 Å². The van der Waals surface area contributed by atoms with Crippen LogP contribution >= 0.6 is 15.9 Å². The molecule has 84 valence electrons. The summed E-state index contributed by atoms with van der Waals surface area (Å²) in [7, 11) is 1.69. The number of hydrogen-bond acceptors (Lipinski definition) is 2. The highest BCUT2D eigenvalue weighted by atomic mass is 79.9. The van der Waals surface area contributed by atoms with Crippen LogP contribution in [0.15, 0.2) is 22.7 Å². The number of methoxy groups -OCH3 is 1. The van der Waals surface area contributed by atoms with Gasteiger partial charge in [-0.15, -0.1) is 0 Å². The zero-order chi connectivity index (χ0) is 11.1. The van der Waals surface area contributed by atoms with Crippen molar-refractivity contribution in [3.05, 3.63) is 34.1 Å². The average Bonchev–Trinajstić information content (AvgIpc) is 2.20. The molecule has 0 bridgehead atoms. The lowest BCUT2D eigenvalue weighted by Crippen LogP contribution is -2.16. The summed E-state index contributed by atoms with van der Waals surface area (Å²) < 4.78 is 18.5. The highest BCUT2D eigenvalue weighted by Crippen LogP contribution is 2.17. The fraction of sp³-hybridized carbons (Fsp3) is 0.455. The first kappa shape index (κ1) is 12.6. The van der Waals surface area contributed by atoms with E-state index in [9.17, 15) is 4.39 Å². The Morgan fingerprint density at radius 1 is 1.47 bits per heavy atom. The fourth-order valence-corrected chi connectivity index (χ4v) is 1.72. The molecule has 1 N–H and O–H groups in total. The molecule has 0 aliphatic rings. The molecule has 2 nitrogen and oxygen atoms in total. The maximum absolute atomic E-state index is 12.8. The predicted octanol–water partition coefficient (Wildman–Crippen LogP) is 2.71. The van der Waals surface area contributed by atoms with Crippen molar-refractivity contribution >= 4 is 15.9 Å². The molecule has 0 amide bonds. The van der Waals surface area contributed by atoms with Crippen molar-refractivity contribution in [1.29, 1.82) is 0 Å². The van der Waals surface area contributed by atoms with Crippen molar-refractivity contribution in [3.63, 3.8) is 0 Å². The van der Waals surface area contributed by atoms with E-state index >= 15 is 0 Å². The van der Waals surface area contributed by atoms with Gasteiger partial charge in [-0.2, -0.15) is 0 Å². The van der Waals surface area contributed by atoms with Crippen LogP contribution in [0.2, 0.25) is 0 Å². The fourth-order valence-electron chi connectivity index (χ4n) is 1.23. The lowest BCUT2D eigenvalue weighted by Gasteiger charge is -2.06. The topological polar surface area (TPSA) is 21.3 Å². The van der Waals surface area contributed by atoms with Gasteiger partial charge >= 0.3 is 0 Å². The lowest BCUT2D eigenvalue weighted by atomic mass is 10.2. The Morgan fingerprint density at radius 3 is 2.93 bits per heavy atom. The van der Waals surface area contributed by atoms with Crippen LogP contribution < -0.4 is 5.32 Å². The number of ether oxygens (including phenoxy) is 1. The summed E-state index contributed by atoms with van der Waals surface area (Å²) in [5, 5.41) is 3.26. The standard InChI is InChI=1S/C11H15BrFNO/c1-15-6-2-5-14-8-9-3-4-10(13)7-11(9)12/h3-4,7,14H,2,5-6,8H2,1H3. The second-order valence-corrected chi connectivity index (χ2v) is 4.11. The molecule has 0 unspecified atom stereocenters. The maximum atomic E-state index is 12.8. The molecule has 0 aliphatic carbocycles. The monoisotopic (exact) mass is 275 g/mol. The molecule has 15 heavy (non-hydrogen) atoms. The highest BCUT2D eigenvalue weighted by molar-refractivity contribution is 9.10. The third kappa shape index (κ3) is 4.73. The quantitative estimate of drug-likeness (QED) is 0.807. The van der Waals surface area contributed by atoms with Gasteiger partial charge in [0, 0.05) is 24.7 Å². The van der Waals surface area contributed by atoms with Crippen molar-refractivity contribution in [2.24, 2.45) is 0 Å². The van der Waals surface area contributed by atoms with Gasteiger partial charge in [0.1, 0.15) is 5.82 Å². The zero-order valence-corrected chi connectivity index (χ0v) is 10.3. The minimum absolute atomic E-state index is 0.218. The summed E-state index contributed by atoms with van der Waals surface area (Å²) in [5.74, 6) is -0.218. The van der Waals surface area contributed by atoms with Crippen LogP contribution in [0.25, 0.3) is 0 Å². The minimum atomic E-state index is -0.218. The molecule has 1 aromatic rings. The summed E-state index contributed by atoms with van der Waals surface area (Å²) >= 11 is 3.33. The van der Waals surface area contributed by atoms with Crippen LogP contribution in [0.3, 0.4) is 0 Å². The number of halogens is 2. The van der Waals surface area contributed by atoms with Gasteiger partial charge in [0.05, 0.1) is 0 Å². The van der Waals surface area contributed by atoms with E-state index < -0.39 is 0 Å². The van der Waals surface area contributed by atoms with Crippen molar-refractivity contribution in [3.8, 4) is 0 Å². The van der Waals surface area contributed by atoms with Gasteiger partial charge in [0.2, 0.25) is 0 Å². The van der Waals surface area contributed by atoms with E-state index in [1.807, 2.05) is 0 Å². The van der Waals surface area contributed by atoms with Gasteiger partial charge in [-0.3, -0.25) is 0 Å². The van der Waals surface area contributed by atoms with Gasteiger partial charge in [-0.05, 0) is 30.7 Å². The molecule has 0 fully saturated rings. The van der Waals surface area contributed by atoms with Crippen LogP contribution in [0.4, 0.5) is 4.39 Å². The van der Waals surface area contributed by atoms with E-state index in [0.717, 1.165) is 36.2 Å². The Labute approximate surface area is 98.0 Å². The first-order valence-corrected chi connectivity index (χ1v) is 5.67. The molecule has 0 atom stereocenters. The number of rotatable bonds is 6. The first-order chi connectivity index (χ1) is 7.24. The summed E-state index contributed by atoms with van der Waals surface area (Å²) in [6.45, 7) is 2.40. The first-order valence-electron chi connectivity index (χ1n) is 4.87. The number of nitrogens with one attached hydrogen (secondary N) is 1. The molecule has 4 heteroatoms. The molecule has 0 aromatic heterocycles. The third-order valence-corrected chi connectivity index (χ3v) is 2.77. The second kappa shape index (κ2) is 6.93. The summed E-state index contributed by atoms with van der Waals surface area (Å²) in [6.07, 6.45) is 0.981. The van der Waals surface area contributed by atoms with Crippen LogP contribution in [0.5, 0.6) is 0 Å². The van der Waals surface area contributed by atoms with Crippen LogP contribution in [0, 0.1) is 5.82 Å². The van der Waals surface area contributed by atoms with Crippen molar-refractivity contribution < 1.29 is 9.13 Å². The molecule has 0 radical (unpaired) electrons. The normalized spacial score (nSPS) is 10.6. The number of benzene rings is 1. The molecule has 1 rings (SSSR count). The molecule has 0 aliphatic heterocycles. The Balaban J connectivity index is 2.31. The van der Waals surface area contributed by atoms with Gasteiger partial charge in [-0.1, -0.05) is 22.0 Å². The molecule has 0 saturated heterocycles. The van der Waals surface area contributed by atoms with E-state index in [1.165, 1.54) is 12.1 Å². The highest BCUT2D eigenvalue weighted by Gasteiger charge is 2.00. The van der Waals surface area contributed by atoms with Crippen LogP contribution in [-0.2, 0) is 11.3 Å². The molecular weight excluding hydrogens is 261 g/mol. The van der Waals surface area contributed by atoms with E-state index in [0.29, 0.717) is 0 Å². The third-order valence-electron chi connectivity index (χ3n) is 2.03. The van der Waals surface area contributed by atoms with Gasteiger partial charge in [0.25, 0.3) is 0 Å². The van der Waals surface area contributed by atoms with Gasteiger partial charge < -0.3 is 10.1 Å². The van der Waals surface area contributed by atoms with Gasteiger partial charge in [0.15, 0.2) is 0 Å². The zero-order valence-electron chi connectivity index (χ0n) is 8.72. The summed E-state index contributed by atoms with van der Waals surface area (Å²) in [6, 6.07) is 4.73. The Morgan fingerprint density at radius 2 is 2.27 bits per heavy atom. The van der Waals surface area contributed by atoms with E-state index in [4.69, 9.17) is 4.74 Å². The van der Waals surface area contributed by atoms with Crippen molar-refractivity contribution in [2.75, 3.05) is 20.3 Å². The van der Waals surface area contributed by atoms with Crippen molar-refractivity contribution in [1.82, 2.24) is 5.32 Å². The number of hydrogen-bond donors (Lipinski definition) is 1. The second-order valence-electron chi connectivity index (χ2n) is 3.26.